The Bertz CT molecular complexity index is 783. The molecule has 112 valence electrons. The van der Waals surface area contributed by atoms with Crippen molar-refractivity contribution >= 4 is 10.8 Å². The van der Waals surface area contributed by atoms with Gasteiger partial charge in [0.1, 0.15) is 0 Å². The van der Waals surface area contributed by atoms with Crippen LogP contribution in [-0.2, 0) is 0 Å². The molecule has 0 aliphatic heterocycles. The van der Waals surface area contributed by atoms with Gasteiger partial charge in [-0.1, -0.05) is 64.1 Å². The smallest absolute Gasteiger partial charge is 0.0429 e. The van der Waals surface area contributed by atoms with E-state index in [2.05, 4.69) is 81.2 Å². The number of rotatable bonds is 3. The molecule has 2 aromatic carbocycles. The second-order valence-electron chi connectivity index (χ2n) is 6.60. The van der Waals surface area contributed by atoms with Crippen molar-refractivity contribution in [1.82, 2.24) is 4.98 Å². The van der Waals surface area contributed by atoms with Crippen molar-refractivity contribution in [3.05, 3.63) is 66.0 Å². The molecule has 0 spiro atoms. The molecule has 3 aromatic rings. The fraction of sp³-hybridized carbons (Fsp3) is 0.286. The normalized spacial score (nSPS) is 11.5. The van der Waals surface area contributed by atoms with Crippen LogP contribution in [-0.4, -0.2) is 4.98 Å². The Morgan fingerprint density at radius 2 is 1.36 bits per heavy atom. The van der Waals surface area contributed by atoms with E-state index in [0.717, 1.165) is 5.69 Å². The van der Waals surface area contributed by atoms with E-state index < -0.39 is 0 Å². The monoisotopic (exact) mass is 289 g/mol. The molecule has 1 heteroatoms. The van der Waals surface area contributed by atoms with E-state index in [4.69, 9.17) is 0 Å². The number of fused-ring (bicyclic) bond motifs is 1. The predicted molar refractivity (Wildman–Crippen MR) is 95.4 cm³/mol. The molecule has 0 aliphatic carbocycles. The van der Waals surface area contributed by atoms with Gasteiger partial charge < -0.3 is 0 Å². The van der Waals surface area contributed by atoms with Crippen LogP contribution in [0.3, 0.4) is 0 Å². The van der Waals surface area contributed by atoms with Crippen molar-refractivity contribution in [2.24, 2.45) is 0 Å². The highest BCUT2D eigenvalue weighted by Crippen LogP contribution is 2.27. The summed E-state index contributed by atoms with van der Waals surface area (Å²) in [4.78, 5) is 4.57. The summed E-state index contributed by atoms with van der Waals surface area (Å²) in [6, 6.07) is 17.7. The van der Waals surface area contributed by atoms with Gasteiger partial charge in [0.05, 0.1) is 0 Å². The fourth-order valence-electron chi connectivity index (χ4n) is 2.72. The predicted octanol–water partition coefficient (Wildman–Crippen LogP) is 6.15. The first kappa shape index (κ1) is 14.8. The Kier molecular flexibility index (Phi) is 3.98. The maximum atomic E-state index is 4.57. The lowest BCUT2D eigenvalue weighted by Gasteiger charge is -2.09. The molecule has 0 bridgehead atoms. The minimum atomic E-state index is 0.472. The summed E-state index contributed by atoms with van der Waals surface area (Å²) in [5, 5.41) is 2.59. The number of benzene rings is 2. The Balaban J connectivity index is 1.99. The zero-order chi connectivity index (χ0) is 15.7. The second kappa shape index (κ2) is 5.92. The van der Waals surface area contributed by atoms with Crippen molar-refractivity contribution in [2.45, 2.75) is 39.5 Å². The van der Waals surface area contributed by atoms with Crippen LogP contribution in [0.2, 0.25) is 0 Å². The molecular weight excluding hydrogens is 266 g/mol. The topological polar surface area (TPSA) is 12.9 Å². The number of pyridine rings is 1. The molecule has 1 heterocycles. The molecule has 1 nitrogen and oxygen atoms in total. The van der Waals surface area contributed by atoms with Gasteiger partial charge in [-0.2, -0.15) is 0 Å². The highest BCUT2D eigenvalue weighted by molar-refractivity contribution is 5.87. The second-order valence-corrected chi connectivity index (χ2v) is 6.60. The third-order valence-corrected chi connectivity index (χ3v) is 4.24. The van der Waals surface area contributed by atoms with E-state index >= 15 is 0 Å². The first-order valence-corrected chi connectivity index (χ1v) is 8.04. The Morgan fingerprint density at radius 1 is 0.682 bits per heavy atom. The first-order chi connectivity index (χ1) is 10.5. The van der Waals surface area contributed by atoms with E-state index in [1.807, 2.05) is 6.20 Å². The number of aromatic nitrogens is 1. The van der Waals surface area contributed by atoms with Crippen LogP contribution in [0.4, 0.5) is 0 Å². The lowest BCUT2D eigenvalue weighted by molar-refractivity contribution is 0.823. The fourth-order valence-corrected chi connectivity index (χ4v) is 2.72. The number of hydrogen-bond donors (Lipinski definition) is 0. The minimum absolute atomic E-state index is 0.472. The first-order valence-electron chi connectivity index (χ1n) is 8.04. The van der Waals surface area contributed by atoms with Crippen LogP contribution < -0.4 is 0 Å². The van der Waals surface area contributed by atoms with Crippen molar-refractivity contribution in [1.29, 1.82) is 0 Å². The summed E-state index contributed by atoms with van der Waals surface area (Å²) >= 11 is 0. The standard InChI is InChI=1S/C21H23N/c1-14(2)16-5-6-18-12-19(8-7-17(18)11-16)20-9-10-21(15(3)4)22-13-20/h5-15H,1-4H3. The highest BCUT2D eigenvalue weighted by Gasteiger charge is 2.05. The van der Waals surface area contributed by atoms with Gasteiger partial charge in [-0.25, -0.2) is 0 Å². The SMILES string of the molecule is CC(C)c1ccc2cc(-c3ccc(C(C)C)nc3)ccc2c1. The van der Waals surface area contributed by atoms with Gasteiger partial charge in [0.15, 0.2) is 0 Å². The Morgan fingerprint density at radius 3 is 2.00 bits per heavy atom. The largest absolute Gasteiger partial charge is 0.260 e. The van der Waals surface area contributed by atoms with Gasteiger partial charge in [-0.3, -0.25) is 4.98 Å². The van der Waals surface area contributed by atoms with E-state index in [1.54, 1.807) is 0 Å². The van der Waals surface area contributed by atoms with Gasteiger partial charge in [0.2, 0.25) is 0 Å². The summed E-state index contributed by atoms with van der Waals surface area (Å²) in [7, 11) is 0. The van der Waals surface area contributed by atoms with Crippen LogP contribution in [0, 0.1) is 0 Å². The maximum Gasteiger partial charge on any atom is 0.0429 e. The lowest BCUT2D eigenvalue weighted by Crippen LogP contribution is -1.92. The molecule has 0 aliphatic rings. The van der Waals surface area contributed by atoms with Crippen molar-refractivity contribution in [2.75, 3.05) is 0 Å². The Hall–Kier alpha value is -2.15. The molecular formula is C21H23N. The molecule has 0 radical (unpaired) electrons. The lowest BCUT2D eigenvalue weighted by atomic mass is 9.97. The van der Waals surface area contributed by atoms with Gasteiger partial charge in [-0.05, 0) is 45.9 Å². The van der Waals surface area contributed by atoms with Gasteiger partial charge in [-0.15, -0.1) is 0 Å². The molecule has 22 heavy (non-hydrogen) atoms. The van der Waals surface area contributed by atoms with Crippen molar-refractivity contribution in [3.63, 3.8) is 0 Å². The quantitative estimate of drug-likeness (QED) is 0.563. The Labute approximate surface area is 133 Å². The molecule has 0 unspecified atom stereocenters. The maximum absolute atomic E-state index is 4.57. The van der Waals surface area contributed by atoms with Crippen molar-refractivity contribution in [3.8, 4) is 11.1 Å². The summed E-state index contributed by atoms with van der Waals surface area (Å²) in [6.45, 7) is 8.81. The molecule has 0 saturated carbocycles. The number of hydrogen-bond acceptors (Lipinski definition) is 1. The van der Waals surface area contributed by atoms with E-state index in [0.29, 0.717) is 11.8 Å². The summed E-state index contributed by atoms with van der Waals surface area (Å²) in [5.41, 5.74) is 4.95. The summed E-state index contributed by atoms with van der Waals surface area (Å²) in [6.07, 6.45) is 1.99. The average molecular weight is 289 g/mol. The van der Waals surface area contributed by atoms with Gasteiger partial charge >= 0.3 is 0 Å². The summed E-state index contributed by atoms with van der Waals surface area (Å²) in [5.74, 6) is 1.04. The highest BCUT2D eigenvalue weighted by atomic mass is 14.7. The summed E-state index contributed by atoms with van der Waals surface area (Å²) < 4.78 is 0. The minimum Gasteiger partial charge on any atom is -0.260 e. The van der Waals surface area contributed by atoms with Gasteiger partial charge in [0, 0.05) is 17.5 Å². The van der Waals surface area contributed by atoms with Crippen LogP contribution >= 0.6 is 0 Å². The zero-order valence-electron chi connectivity index (χ0n) is 13.8. The van der Waals surface area contributed by atoms with Crippen molar-refractivity contribution < 1.29 is 0 Å². The third kappa shape index (κ3) is 2.89. The van der Waals surface area contributed by atoms with E-state index in [-0.39, 0.29) is 0 Å². The van der Waals surface area contributed by atoms with Crippen LogP contribution in [0.15, 0.2) is 54.7 Å². The molecule has 0 amide bonds. The number of nitrogens with zero attached hydrogens (tertiary/aromatic N) is 1. The van der Waals surface area contributed by atoms with Crippen LogP contribution in [0.25, 0.3) is 21.9 Å². The van der Waals surface area contributed by atoms with E-state index in [1.165, 1.54) is 27.5 Å². The average Bonchev–Trinajstić information content (AvgIpc) is 2.54. The van der Waals surface area contributed by atoms with E-state index in [9.17, 15) is 0 Å². The van der Waals surface area contributed by atoms with Crippen LogP contribution in [0.1, 0.15) is 50.8 Å². The van der Waals surface area contributed by atoms with Gasteiger partial charge in [0.25, 0.3) is 0 Å². The molecule has 0 atom stereocenters. The molecule has 1 aromatic heterocycles. The molecule has 0 saturated heterocycles. The third-order valence-electron chi connectivity index (χ3n) is 4.24. The zero-order valence-corrected chi connectivity index (χ0v) is 13.8. The molecule has 3 rings (SSSR count). The molecule has 0 fully saturated rings. The van der Waals surface area contributed by atoms with Crippen LogP contribution in [0.5, 0.6) is 0 Å². The molecule has 0 N–H and O–H groups in total.